The fourth-order valence-electron chi connectivity index (χ4n) is 6.79. The second-order valence-corrected chi connectivity index (χ2v) is 12.6. The van der Waals surface area contributed by atoms with Crippen LogP contribution in [0.15, 0.2) is 51.7 Å². The van der Waals surface area contributed by atoms with Gasteiger partial charge in [-0.05, 0) is 76.7 Å². The van der Waals surface area contributed by atoms with E-state index in [9.17, 15) is 14.4 Å². The summed E-state index contributed by atoms with van der Waals surface area (Å²) in [6, 6.07) is 12.0. The van der Waals surface area contributed by atoms with Crippen LogP contribution in [0.25, 0.3) is 22.0 Å². The zero-order valence-electron chi connectivity index (χ0n) is 26.5. The van der Waals surface area contributed by atoms with Crippen LogP contribution < -0.4 is 30.3 Å². The molecule has 1 aliphatic carbocycles. The number of aromatic amines is 1. The molecule has 0 bridgehead atoms. The number of nitrogens with zero attached hydrogens (tertiary/aromatic N) is 1. The Morgan fingerprint density at radius 3 is 2.54 bits per heavy atom. The molecule has 6 rings (SSSR count). The molecule has 11 heteroatoms. The first kappa shape index (κ1) is 31.5. The average molecular weight is 690 g/mol. The molecule has 10 nitrogen and oxygen atoms in total. The van der Waals surface area contributed by atoms with Gasteiger partial charge in [0, 0.05) is 53.1 Å². The average Bonchev–Trinajstić information content (AvgIpc) is 3.27. The molecule has 2 unspecified atom stereocenters. The number of aromatic nitrogens is 1. The van der Waals surface area contributed by atoms with E-state index in [0.717, 1.165) is 49.7 Å². The molecule has 4 aromatic rings. The lowest BCUT2D eigenvalue weighted by molar-refractivity contribution is -0.132. The van der Waals surface area contributed by atoms with E-state index >= 15 is 0 Å². The van der Waals surface area contributed by atoms with Crippen LogP contribution in [0.1, 0.15) is 48.7 Å². The Morgan fingerprint density at radius 2 is 1.83 bits per heavy atom. The number of fused-ring (bicyclic) bond motifs is 6. The lowest BCUT2D eigenvalue weighted by Gasteiger charge is -2.30. The third kappa shape index (κ3) is 5.57. The summed E-state index contributed by atoms with van der Waals surface area (Å²) in [6.07, 6.45) is 1.88. The molecule has 46 heavy (non-hydrogen) atoms. The highest BCUT2D eigenvalue weighted by atomic mass is 79.9. The smallest absolute Gasteiger partial charge is 0.245 e. The maximum atomic E-state index is 13.8. The minimum atomic E-state index is -0.661. The first-order chi connectivity index (χ1) is 22.1. The number of carbonyl (C=O) groups excluding carboxylic acids is 2. The number of hydrogen-bond donors (Lipinski definition) is 3. The maximum absolute atomic E-state index is 13.8. The molecule has 2 amide bonds. The molecule has 0 fully saturated rings. The van der Waals surface area contributed by atoms with Gasteiger partial charge in [-0.2, -0.15) is 0 Å². The summed E-state index contributed by atoms with van der Waals surface area (Å²) in [5.74, 6) is 1.15. The topological polar surface area (TPSA) is 122 Å². The highest BCUT2D eigenvalue weighted by Gasteiger charge is 2.31. The quantitative estimate of drug-likeness (QED) is 0.235. The van der Waals surface area contributed by atoms with Crippen LogP contribution in [0.2, 0.25) is 0 Å². The zero-order valence-corrected chi connectivity index (χ0v) is 28.1. The van der Waals surface area contributed by atoms with Crippen molar-refractivity contribution >= 4 is 44.3 Å². The molecule has 3 N–H and O–H groups in total. The molecular formula is C35H37BrN4O6. The first-order valence-corrected chi connectivity index (χ1v) is 16.0. The van der Waals surface area contributed by atoms with Gasteiger partial charge in [0.2, 0.25) is 23.0 Å². The largest absolute Gasteiger partial charge is 0.493 e. The highest BCUT2D eigenvalue weighted by Crippen LogP contribution is 2.50. The standard InChI is InChI=1S/C35H37BrN4O6/c1-18(35(43)40-14-13-27-24(17-40)22-7-6-8-25(36)32(22)39-27)37-28-12-10-21-23(16-29(28)42)26(38-19(2)41)11-9-20-15-30(44-3)33(45-4)34(46-5)31(20)21/h6-8,10,12,15-16,18,26,39H,9,11,13-14,17H2,1-5H3,(H,37,42)(H,38,41). The number of amides is 2. The zero-order chi connectivity index (χ0) is 32.7. The van der Waals surface area contributed by atoms with E-state index < -0.39 is 12.1 Å². The number of hydrogen-bond acceptors (Lipinski definition) is 7. The van der Waals surface area contributed by atoms with Crippen LogP contribution >= 0.6 is 15.9 Å². The Balaban J connectivity index is 1.36. The number of methoxy groups -OCH3 is 3. The van der Waals surface area contributed by atoms with Crippen molar-refractivity contribution in [3.05, 3.63) is 79.5 Å². The van der Waals surface area contributed by atoms with E-state index in [-0.39, 0.29) is 22.9 Å². The Kier molecular flexibility index (Phi) is 8.69. The minimum absolute atomic E-state index is 0.0950. The number of aryl methyl sites for hydroxylation is 1. The van der Waals surface area contributed by atoms with Crippen LogP contribution in [0.3, 0.4) is 0 Å². The molecule has 3 aromatic carbocycles. The molecule has 0 spiro atoms. The normalized spacial score (nSPS) is 16.0. The molecule has 0 saturated heterocycles. The number of ether oxygens (including phenoxy) is 3. The van der Waals surface area contributed by atoms with Gasteiger partial charge >= 0.3 is 0 Å². The van der Waals surface area contributed by atoms with Crippen molar-refractivity contribution in [3.63, 3.8) is 0 Å². The van der Waals surface area contributed by atoms with Crippen LogP contribution in [-0.2, 0) is 29.0 Å². The third-order valence-corrected chi connectivity index (χ3v) is 9.59. The van der Waals surface area contributed by atoms with E-state index in [1.807, 2.05) is 29.2 Å². The van der Waals surface area contributed by atoms with Crippen molar-refractivity contribution in [1.29, 1.82) is 0 Å². The highest BCUT2D eigenvalue weighted by molar-refractivity contribution is 9.10. The number of benzene rings is 2. The van der Waals surface area contributed by atoms with Crippen LogP contribution in [-0.4, -0.2) is 55.6 Å². The molecule has 1 aromatic heterocycles. The van der Waals surface area contributed by atoms with Gasteiger partial charge in [-0.25, -0.2) is 0 Å². The summed E-state index contributed by atoms with van der Waals surface area (Å²) in [5, 5.41) is 7.32. The van der Waals surface area contributed by atoms with Crippen molar-refractivity contribution < 1.29 is 23.8 Å². The number of halogens is 1. The summed E-state index contributed by atoms with van der Waals surface area (Å²) in [7, 11) is 4.68. The summed E-state index contributed by atoms with van der Waals surface area (Å²) in [4.78, 5) is 45.1. The van der Waals surface area contributed by atoms with Crippen molar-refractivity contribution in [3.8, 4) is 28.4 Å². The van der Waals surface area contributed by atoms with E-state index in [1.165, 1.54) is 6.92 Å². The van der Waals surface area contributed by atoms with Gasteiger partial charge in [0.05, 0.1) is 38.6 Å². The Hall–Kier alpha value is -4.51. The maximum Gasteiger partial charge on any atom is 0.245 e. The summed E-state index contributed by atoms with van der Waals surface area (Å²) < 4.78 is 18.2. The molecule has 2 heterocycles. The van der Waals surface area contributed by atoms with Crippen molar-refractivity contribution in [2.45, 2.75) is 51.7 Å². The number of rotatable bonds is 7. The van der Waals surface area contributed by atoms with Gasteiger partial charge in [0.1, 0.15) is 6.04 Å². The lowest BCUT2D eigenvalue weighted by atomic mass is 9.95. The number of carbonyl (C=O) groups is 2. The Morgan fingerprint density at radius 1 is 1.04 bits per heavy atom. The Bertz CT molecular complexity index is 1920. The number of nitrogens with one attached hydrogen (secondary N) is 3. The Labute approximate surface area is 275 Å². The molecule has 2 aliphatic rings. The van der Waals surface area contributed by atoms with E-state index in [2.05, 4.69) is 37.6 Å². The number of H-pyrrole nitrogens is 1. The number of anilines is 1. The summed E-state index contributed by atoms with van der Waals surface area (Å²) in [6.45, 7) is 4.29. The fraction of sp³-hybridized carbons (Fsp3) is 0.343. The van der Waals surface area contributed by atoms with Crippen LogP contribution in [0.4, 0.5) is 5.69 Å². The van der Waals surface area contributed by atoms with Gasteiger partial charge in [-0.3, -0.25) is 14.4 Å². The molecule has 0 radical (unpaired) electrons. The van der Waals surface area contributed by atoms with E-state index in [4.69, 9.17) is 14.2 Å². The monoisotopic (exact) mass is 688 g/mol. The molecular weight excluding hydrogens is 652 g/mol. The molecule has 2 atom stereocenters. The molecule has 240 valence electrons. The van der Waals surface area contributed by atoms with Crippen LogP contribution in [0, 0.1) is 0 Å². The fourth-order valence-corrected chi connectivity index (χ4v) is 7.25. The van der Waals surface area contributed by atoms with E-state index in [1.54, 1.807) is 40.4 Å². The third-order valence-electron chi connectivity index (χ3n) is 8.93. The first-order valence-electron chi connectivity index (χ1n) is 15.3. The number of para-hydroxylation sites is 1. The van der Waals surface area contributed by atoms with E-state index in [0.29, 0.717) is 48.7 Å². The van der Waals surface area contributed by atoms with Gasteiger partial charge in [0.15, 0.2) is 11.5 Å². The predicted molar refractivity (Wildman–Crippen MR) is 181 cm³/mol. The van der Waals surface area contributed by atoms with Gasteiger partial charge in [-0.15, -0.1) is 0 Å². The second kappa shape index (κ2) is 12.7. The van der Waals surface area contributed by atoms with Crippen molar-refractivity contribution in [2.75, 3.05) is 33.2 Å². The SMILES string of the molecule is COc1cc2c(c(OC)c1OC)-c1ccc(NC(C)C(=O)N3CCc4[nH]c5c(Br)cccc5c4C3)c(=O)cc1C(NC(C)=O)CC2. The van der Waals surface area contributed by atoms with Gasteiger partial charge < -0.3 is 34.7 Å². The van der Waals surface area contributed by atoms with Crippen molar-refractivity contribution in [1.82, 2.24) is 15.2 Å². The minimum Gasteiger partial charge on any atom is -0.493 e. The lowest BCUT2D eigenvalue weighted by Crippen LogP contribution is -2.44. The predicted octanol–water partition coefficient (Wildman–Crippen LogP) is 5.49. The molecule has 0 saturated carbocycles. The second-order valence-electron chi connectivity index (χ2n) is 11.7. The summed E-state index contributed by atoms with van der Waals surface area (Å²) in [5.41, 5.74) is 6.37. The van der Waals surface area contributed by atoms with Gasteiger partial charge in [0.25, 0.3) is 0 Å². The van der Waals surface area contributed by atoms with Crippen molar-refractivity contribution in [2.24, 2.45) is 0 Å². The summed E-state index contributed by atoms with van der Waals surface area (Å²) >= 11 is 3.62. The van der Waals surface area contributed by atoms with Gasteiger partial charge in [-0.1, -0.05) is 18.2 Å². The van der Waals surface area contributed by atoms with Crippen LogP contribution in [0.5, 0.6) is 17.2 Å². The molecule has 1 aliphatic heterocycles.